The summed E-state index contributed by atoms with van der Waals surface area (Å²) in [5.41, 5.74) is 6.99. The molecule has 0 saturated carbocycles. The van der Waals surface area contributed by atoms with Gasteiger partial charge >= 0.3 is 0 Å². The van der Waals surface area contributed by atoms with Gasteiger partial charge in [-0.2, -0.15) is 5.10 Å². The van der Waals surface area contributed by atoms with Gasteiger partial charge in [0.1, 0.15) is 11.6 Å². The van der Waals surface area contributed by atoms with Crippen LogP contribution in [-0.4, -0.2) is 16.0 Å². The minimum absolute atomic E-state index is 0.0990. The molecule has 0 aliphatic carbocycles. The van der Waals surface area contributed by atoms with Gasteiger partial charge in [0.25, 0.3) is 0 Å². The molecule has 0 aliphatic rings. The summed E-state index contributed by atoms with van der Waals surface area (Å²) < 4.78 is 6.79. The molecular weight excluding hydrogens is 320 g/mol. The van der Waals surface area contributed by atoms with E-state index in [-0.39, 0.29) is 11.7 Å². The molecule has 0 spiro atoms. The predicted molar refractivity (Wildman–Crippen MR) is 81.4 cm³/mol. The van der Waals surface area contributed by atoms with E-state index in [0.29, 0.717) is 17.2 Å². The second kappa shape index (κ2) is 6.00. The van der Waals surface area contributed by atoms with Crippen LogP contribution in [-0.2, 0) is 0 Å². The third-order valence-corrected chi connectivity index (χ3v) is 3.27. The number of aromatic nitrogens is 2. The zero-order chi connectivity index (χ0) is 14.7. The van der Waals surface area contributed by atoms with Gasteiger partial charge in [-0.25, -0.2) is 0 Å². The van der Waals surface area contributed by atoms with E-state index in [9.17, 15) is 0 Å². The van der Waals surface area contributed by atoms with Crippen molar-refractivity contribution in [2.45, 2.75) is 19.8 Å². The molecule has 0 aliphatic heterocycles. The van der Waals surface area contributed by atoms with E-state index in [0.717, 1.165) is 10.0 Å². The number of nitrogens with one attached hydrogen (secondary N) is 1. The number of rotatable bonds is 4. The van der Waals surface area contributed by atoms with Crippen LogP contribution in [0.1, 0.15) is 30.9 Å². The lowest BCUT2D eigenvalue weighted by Gasteiger charge is -2.14. The summed E-state index contributed by atoms with van der Waals surface area (Å²) in [7, 11) is 0. The Morgan fingerprint density at radius 3 is 2.75 bits per heavy atom. The smallest absolute Gasteiger partial charge is 0.249 e. The summed E-state index contributed by atoms with van der Waals surface area (Å²) in [4.78, 5) is 0. The number of nitrogens with two attached hydrogens (primary N) is 1. The molecule has 0 amide bonds. The maximum atomic E-state index is 7.54. The van der Waals surface area contributed by atoms with E-state index in [1.807, 2.05) is 18.2 Å². The summed E-state index contributed by atoms with van der Waals surface area (Å²) in [6.45, 7) is 4.16. The third kappa shape index (κ3) is 3.14. The molecule has 2 aromatic rings. The number of hydrogen-bond acceptors (Lipinski definition) is 4. The van der Waals surface area contributed by atoms with Crippen LogP contribution in [0.3, 0.4) is 0 Å². The summed E-state index contributed by atoms with van der Waals surface area (Å²) in [5.74, 6) is 1.12. The van der Waals surface area contributed by atoms with Crippen LogP contribution < -0.4 is 10.5 Å². The van der Waals surface area contributed by atoms with Crippen LogP contribution in [0.4, 0.5) is 0 Å². The van der Waals surface area contributed by atoms with Crippen molar-refractivity contribution in [2.75, 3.05) is 0 Å². The van der Waals surface area contributed by atoms with E-state index >= 15 is 0 Å². The number of hydrogen-bond donors (Lipinski definition) is 2. The minimum Gasteiger partial charge on any atom is -0.437 e. The normalized spacial score (nSPS) is 10.6. The van der Waals surface area contributed by atoms with E-state index < -0.39 is 0 Å². The molecule has 1 aromatic carbocycles. The summed E-state index contributed by atoms with van der Waals surface area (Å²) >= 11 is 3.45. The summed E-state index contributed by atoms with van der Waals surface area (Å²) in [5, 5.41) is 15.2. The first-order valence-corrected chi connectivity index (χ1v) is 6.91. The van der Waals surface area contributed by atoms with E-state index in [4.69, 9.17) is 15.9 Å². The predicted octanol–water partition coefficient (Wildman–Crippen LogP) is 3.44. The molecule has 20 heavy (non-hydrogen) atoms. The Morgan fingerprint density at radius 2 is 2.10 bits per heavy atom. The van der Waals surface area contributed by atoms with E-state index in [2.05, 4.69) is 40.0 Å². The zero-order valence-corrected chi connectivity index (χ0v) is 12.8. The van der Waals surface area contributed by atoms with Gasteiger partial charge in [0, 0.05) is 4.47 Å². The van der Waals surface area contributed by atoms with Crippen molar-refractivity contribution >= 4 is 21.8 Å². The van der Waals surface area contributed by atoms with Gasteiger partial charge in [-0.05, 0) is 35.7 Å². The number of halogens is 1. The van der Waals surface area contributed by atoms with E-state index in [1.54, 1.807) is 6.07 Å². The fourth-order valence-corrected chi connectivity index (χ4v) is 2.15. The quantitative estimate of drug-likeness (QED) is 0.662. The van der Waals surface area contributed by atoms with Gasteiger partial charge in [0.2, 0.25) is 5.88 Å². The van der Waals surface area contributed by atoms with Gasteiger partial charge < -0.3 is 10.5 Å². The molecule has 6 heteroatoms. The van der Waals surface area contributed by atoms with Crippen LogP contribution >= 0.6 is 15.9 Å². The molecule has 2 rings (SSSR count). The lowest BCUT2D eigenvalue weighted by molar-refractivity contribution is 0.446. The SMILES string of the molecule is CC(C)c1cc(Br)ccc1Oc1nnccc1C(=N)N. The lowest BCUT2D eigenvalue weighted by Crippen LogP contribution is -2.13. The van der Waals surface area contributed by atoms with Crippen LogP contribution in [0.5, 0.6) is 11.6 Å². The van der Waals surface area contributed by atoms with Gasteiger partial charge in [-0.15, -0.1) is 5.10 Å². The first kappa shape index (κ1) is 14.5. The maximum absolute atomic E-state index is 7.54. The largest absolute Gasteiger partial charge is 0.437 e. The molecule has 0 bridgehead atoms. The molecular formula is C14H15BrN4O. The summed E-state index contributed by atoms with van der Waals surface area (Å²) in [6.07, 6.45) is 1.48. The molecule has 0 unspecified atom stereocenters. The Bertz CT molecular complexity index is 643. The zero-order valence-electron chi connectivity index (χ0n) is 11.2. The van der Waals surface area contributed by atoms with E-state index in [1.165, 1.54) is 6.20 Å². The average molecular weight is 335 g/mol. The highest BCUT2D eigenvalue weighted by Crippen LogP contribution is 2.32. The Hall–Kier alpha value is -1.95. The maximum Gasteiger partial charge on any atom is 0.249 e. The van der Waals surface area contributed by atoms with Gasteiger partial charge in [0.15, 0.2) is 0 Å². The second-order valence-corrected chi connectivity index (χ2v) is 5.52. The van der Waals surface area contributed by atoms with Crippen LogP contribution in [0.15, 0.2) is 34.9 Å². The van der Waals surface area contributed by atoms with Gasteiger partial charge in [-0.1, -0.05) is 29.8 Å². The molecule has 0 radical (unpaired) electrons. The number of ether oxygens (including phenoxy) is 1. The molecule has 5 nitrogen and oxygen atoms in total. The molecule has 1 heterocycles. The highest BCUT2D eigenvalue weighted by atomic mass is 79.9. The molecule has 104 valence electrons. The third-order valence-electron chi connectivity index (χ3n) is 2.78. The van der Waals surface area contributed by atoms with Gasteiger partial charge in [0.05, 0.1) is 11.8 Å². The van der Waals surface area contributed by atoms with Crippen molar-refractivity contribution in [1.29, 1.82) is 5.41 Å². The molecule has 0 atom stereocenters. The number of nitrogens with zero attached hydrogens (tertiary/aromatic N) is 2. The van der Waals surface area contributed by atoms with Gasteiger partial charge in [-0.3, -0.25) is 5.41 Å². The van der Waals surface area contributed by atoms with Crippen molar-refractivity contribution in [2.24, 2.45) is 5.73 Å². The average Bonchev–Trinajstić information content (AvgIpc) is 2.41. The standard InChI is InChI=1S/C14H15BrN4O/c1-8(2)11-7-9(15)3-4-12(11)20-14-10(13(16)17)5-6-18-19-14/h3-8H,1-2H3,(H3,16,17). The highest BCUT2D eigenvalue weighted by Gasteiger charge is 2.14. The Morgan fingerprint density at radius 1 is 1.35 bits per heavy atom. The number of amidine groups is 1. The first-order valence-electron chi connectivity index (χ1n) is 6.12. The molecule has 1 aromatic heterocycles. The fourth-order valence-electron chi connectivity index (χ4n) is 1.77. The Labute approximate surface area is 125 Å². The topological polar surface area (TPSA) is 84.9 Å². The minimum atomic E-state index is -0.0990. The van der Waals surface area contributed by atoms with Crippen molar-refractivity contribution in [3.8, 4) is 11.6 Å². The summed E-state index contributed by atoms with van der Waals surface area (Å²) in [6, 6.07) is 7.37. The Kier molecular flexibility index (Phi) is 4.34. The highest BCUT2D eigenvalue weighted by molar-refractivity contribution is 9.10. The lowest BCUT2D eigenvalue weighted by atomic mass is 10.0. The second-order valence-electron chi connectivity index (χ2n) is 4.60. The molecule has 0 fully saturated rings. The van der Waals surface area contributed by atoms with Crippen molar-refractivity contribution < 1.29 is 4.74 Å². The Balaban J connectivity index is 2.43. The van der Waals surface area contributed by atoms with Crippen molar-refractivity contribution in [3.05, 3.63) is 46.1 Å². The first-order chi connectivity index (χ1) is 9.49. The molecule has 0 saturated heterocycles. The van der Waals surface area contributed by atoms with Crippen LogP contribution in [0.25, 0.3) is 0 Å². The van der Waals surface area contributed by atoms with Crippen molar-refractivity contribution in [1.82, 2.24) is 10.2 Å². The fraction of sp³-hybridized carbons (Fsp3) is 0.214. The molecule has 3 N–H and O–H groups in total. The number of nitrogen functional groups attached to an aromatic ring is 1. The van der Waals surface area contributed by atoms with Crippen molar-refractivity contribution in [3.63, 3.8) is 0 Å². The number of benzene rings is 1. The van der Waals surface area contributed by atoms with Crippen LogP contribution in [0, 0.1) is 5.41 Å². The monoisotopic (exact) mass is 334 g/mol. The van der Waals surface area contributed by atoms with Crippen LogP contribution in [0.2, 0.25) is 0 Å².